The van der Waals surface area contributed by atoms with Gasteiger partial charge in [-0.3, -0.25) is 4.79 Å². The number of pyridine rings is 1. The van der Waals surface area contributed by atoms with E-state index in [1.165, 1.54) is 10.6 Å². The molecule has 3 heterocycles. The molecule has 4 rings (SSSR count). The van der Waals surface area contributed by atoms with Crippen LogP contribution in [0, 0.1) is 0 Å². The number of nitrogens with one attached hydrogen (secondary N) is 1. The van der Waals surface area contributed by atoms with Crippen molar-refractivity contribution in [3.05, 3.63) is 71.0 Å². The van der Waals surface area contributed by atoms with Gasteiger partial charge in [-0.15, -0.1) is 0 Å². The Labute approximate surface area is 155 Å². The van der Waals surface area contributed by atoms with Crippen molar-refractivity contribution < 1.29 is 4.74 Å². The van der Waals surface area contributed by atoms with Gasteiger partial charge >= 0.3 is 0 Å². The molecule has 3 aromatic heterocycles. The maximum Gasteiger partial charge on any atom is 0.250 e. The second kappa shape index (κ2) is 6.95. The van der Waals surface area contributed by atoms with Crippen molar-refractivity contribution in [1.29, 1.82) is 0 Å². The fourth-order valence-electron chi connectivity index (χ4n) is 2.96. The van der Waals surface area contributed by atoms with Crippen molar-refractivity contribution >= 4 is 17.1 Å². The molecule has 0 atom stereocenters. The van der Waals surface area contributed by atoms with Crippen LogP contribution in [0.2, 0.25) is 0 Å². The summed E-state index contributed by atoms with van der Waals surface area (Å²) in [6.07, 6.45) is 9.19. The number of aromatic amines is 1. The van der Waals surface area contributed by atoms with E-state index in [0.29, 0.717) is 12.5 Å². The number of hydrogen-bond acceptors (Lipinski definition) is 4. The number of nitrogens with zero attached hydrogens (tertiary/aromatic N) is 4. The molecule has 7 heteroatoms. The third kappa shape index (κ3) is 3.27. The highest BCUT2D eigenvalue weighted by Gasteiger charge is 2.09. The topological polar surface area (TPSA) is 77.7 Å². The van der Waals surface area contributed by atoms with Gasteiger partial charge in [0.05, 0.1) is 29.1 Å². The third-order valence-corrected chi connectivity index (χ3v) is 4.41. The van der Waals surface area contributed by atoms with Gasteiger partial charge in [-0.2, -0.15) is 5.10 Å². The van der Waals surface area contributed by atoms with Crippen molar-refractivity contribution in [2.75, 3.05) is 6.61 Å². The molecule has 0 aliphatic heterocycles. The summed E-state index contributed by atoms with van der Waals surface area (Å²) < 4.78 is 9.34. The lowest BCUT2D eigenvalue weighted by Crippen LogP contribution is -2.13. The van der Waals surface area contributed by atoms with Crippen molar-refractivity contribution in [2.24, 2.45) is 14.1 Å². The molecule has 0 fully saturated rings. The number of imidazole rings is 1. The monoisotopic (exact) mass is 361 g/mol. The molecule has 0 aliphatic rings. The molecule has 0 aliphatic carbocycles. The van der Waals surface area contributed by atoms with Gasteiger partial charge in [0.2, 0.25) is 11.4 Å². The van der Waals surface area contributed by atoms with Crippen LogP contribution in [0.1, 0.15) is 5.56 Å². The lowest BCUT2D eigenvalue weighted by molar-refractivity contribution is 0.350. The Kier molecular flexibility index (Phi) is 4.33. The fraction of sp³-hybridized carbons (Fsp3) is 0.150. The van der Waals surface area contributed by atoms with Crippen LogP contribution in [0.3, 0.4) is 0 Å². The second-order valence-corrected chi connectivity index (χ2v) is 6.26. The zero-order valence-electron chi connectivity index (χ0n) is 15.1. The van der Waals surface area contributed by atoms with Gasteiger partial charge in [-0.25, -0.2) is 10.1 Å². The number of hydrogen-bond donors (Lipinski definition) is 1. The quantitative estimate of drug-likeness (QED) is 0.593. The number of benzene rings is 1. The van der Waals surface area contributed by atoms with E-state index in [-0.39, 0.29) is 5.56 Å². The minimum Gasteiger partial charge on any atom is -0.473 e. The highest BCUT2D eigenvalue weighted by atomic mass is 16.5. The van der Waals surface area contributed by atoms with E-state index in [2.05, 4.69) is 15.2 Å². The fourth-order valence-corrected chi connectivity index (χ4v) is 2.96. The number of H-pyrrole nitrogens is 1. The number of para-hydroxylation sites is 1. The Balaban J connectivity index is 1.50. The summed E-state index contributed by atoms with van der Waals surface area (Å²) in [4.78, 5) is 16.0. The molecule has 0 radical (unpaired) electrons. The summed E-state index contributed by atoms with van der Waals surface area (Å²) in [5.41, 5.74) is 4.71. The minimum atomic E-state index is -0.0589. The van der Waals surface area contributed by atoms with E-state index in [1.807, 2.05) is 48.3 Å². The molecule has 4 aromatic rings. The lowest BCUT2D eigenvalue weighted by atomic mass is 10.1. The predicted octanol–water partition coefficient (Wildman–Crippen LogP) is 2.75. The molecule has 136 valence electrons. The van der Waals surface area contributed by atoms with Gasteiger partial charge in [0.1, 0.15) is 6.61 Å². The number of rotatable bonds is 5. The maximum atomic E-state index is 11.6. The summed E-state index contributed by atoms with van der Waals surface area (Å²) in [6, 6.07) is 9.37. The Bertz CT molecular complexity index is 1180. The zero-order valence-corrected chi connectivity index (χ0v) is 15.1. The average Bonchev–Trinajstić information content (AvgIpc) is 3.29. The van der Waals surface area contributed by atoms with Crippen molar-refractivity contribution in [2.45, 2.75) is 0 Å². The van der Waals surface area contributed by atoms with Crippen molar-refractivity contribution in [3.63, 3.8) is 0 Å². The summed E-state index contributed by atoms with van der Waals surface area (Å²) >= 11 is 0. The minimum absolute atomic E-state index is 0.0589. The average molecular weight is 361 g/mol. The SMILES string of the molecule is Cn1cc(-c2cn[nH]c2OC/C=C/c2cccc3c2ncn3C)ccc1=O. The normalized spacial score (nSPS) is 11.5. The highest BCUT2D eigenvalue weighted by Crippen LogP contribution is 2.26. The smallest absolute Gasteiger partial charge is 0.250 e. The Hall–Kier alpha value is -3.61. The molecular formula is C20H19N5O2. The standard InChI is InChI=1S/C20H19N5O2/c1-24-12-15(8-9-18(24)26)16-11-22-23-20(16)27-10-4-6-14-5-3-7-17-19(14)21-13-25(17)2/h3-9,11-13H,10H2,1-2H3,(H,22,23)/b6-4+. The Morgan fingerprint density at radius 2 is 2.07 bits per heavy atom. The van der Waals surface area contributed by atoms with E-state index in [1.54, 1.807) is 25.5 Å². The maximum absolute atomic E-state index is 11.6. The second-order valence-electron chi connectivity index (χ2n) is 6.26. The van der Waals surface area contributed by atoms with Gasteiger partial charge < -0.3 is 13.9 Å². The van der Waals surface area contributed by atoms with Gasteiger partial charge in [-0.1, -0.05) is 18.2 Å². The Morgan fingerprint density at radius 1 is 1.19 bits per heavy atom. The van der Waals surface area contributed by atoms with E-state index in [9.17, 15) is 4.79 Å². The van der Waals surface area contributed by atoms with Crippen LogP contribution in [-0.4, -0.2) is 30.9 Å². The molecule has 1 aromatic carbocycles. The van der Waals surface area contributed by atoms with Gasteiger partial charge in [0.25, 0.3) is 0 Å². The highest BCUT2D eigenvalue weighted by molar-refractivity contribution is 5.85. The Morgan fingerprint density at radius 3 is 2.93 bits per heavy atom. The molecule has 0 bridgehead atoms. The molecule has 0 unspecified atom stereocenters. The van der Waals surface area contributed by atoms with Crippen LogP contribution in [-0.2, 0) is 14.1 Å². The van der Waals surface area contributed by atoms with Crippen molar-refractivity contribution in [1.82, 2.24) is 24.3 Å². The molecule has 0 amide bonds. The molecule has 0 spiro atoms. The molecule has 0 saturated heterocycles. The van der Waals surface area contributed by atoms with Crippen LogP contribution in [0.4, 0.5) is 0 Å². The number of aromatic nitrogens is 5. The van der Waals surface area contributed by atoms with Crippen molar-refractivity contribution in [3.8, 4) is 17.0 Å². The lowest BCUT2D eigenvalue weighted by Gasteiger charge is -2.05. The zero-order chi connectivity index (χ0) is 18.8. The van der Waals surface area contributed by atoms with Crippen LogP contribution < -0.4 is 10.3 Å². The van der Waals surface area contributed by atoms with E-state index in [0.717, 1.165) is 27.7 Å². The summed E-state index contributed by atoms with van der Waals surface area (Å²) in [6.45, 7) is 0.379. The first kappa shape index (κ1) is 16.8. The van der Waals surface area contributed by atoms with Gasteiger partial charge in [0, 0.05) is 37.5 Å². The van der Waals surface area contributed by atoms with Crippen LogP contribution >= 0.6 is 0 Å². The first-order valence-corrected chi connectivity index (χ1v) is 8.53. The number of ether oxygens (including phenoxy) is 1. The van der Waals surface area contributed by atoms with E-state index >= 15 is 0 Å². The molecule has 0 saturated carbocycles. The molecule has 7 nitrogen and oxygen atoms in total. The summed E-state index contributed by atoms with van der Waals surface area (Å²) in [5.74, 6) is 0.564. The van der Waals surface area contributed by atoms with Crippen LogP contribution in [0.15, 0.2) is 59.9 Å². The number of fused-ring (bicyclic) bond motifs is 1. The van der Waals surface area contributed by atoms with Gasteiger partial charge in [0.15, 0.2) is 0 Å². The third-order valence-electron chi connectivity index (χ3n) is 4.41. The first-order valence-electron chi connectivity index (χ1n) is 8.53. The largest absolute Gasteiger partial charge is 0.473 e. The van der Waals surface area contributed by atoms with Crippen LogP contribution in [0.5, 0.6) is 5.88 Å². The first-order chi connectivity index (χ1) is 13.1. The summed E-state index contributed by atoms with van der Waals surface area (Å²) in [7, 11) is 3.69. The van der Waals surface area contributed by atoms with E-state index < -0.39 is 0 Å². The van der Waals surface area contributed by atoms with Gasteiger partial charge in [-0.05, 0) is 18.2 Å². The van der Waals surface area contributed by atoms with E-state index in [4.69, 9.17) is 4.74 Å². The molecule has 1 N–H and O–H groups in total. The predicted molar refractivity (Wildman–Crippen MR) is 105 cm³/mol. The molecule has 27 heavy (non-hydrogen) atoms. The molecular weight excluding hydrogens is 342 g/mol. The van der Waals surface area contributed by atoms with Crippen LogP contribution in [0.25, 0.3) is 28.2 Å². The summed E-state index contributed by atoms with van der Waals surface area (Å²) in [5, 5.41) is 6.92. The number of aryl methyl sites for hydroxylation is 2.